The first-order valence-electron chi connectivity index (χ1n) is 12.1. The fourth-order valence-corrected chi connectivity index (χ4v) is 3.87. The van der Waals surface area contributed by atoms with Crippen molar-refractivity contribution in [1.82, 2.24) is 9.78 Å². The number of halogens is 3. The van der Waals surface area contributed by atoms with E-state index in [1.807, 2.05) is 19.1 Å². The van der Waals surface area contributed by atoms with Gasteiger partial charge in [-0.2, -0.15) is 5.10 Å². The highest BCUT2D eigenvalue weighted by atomic mass is 19.4. The number of benzene rings is 2. The number of urea groups is 1. The highest BCUT2D eigenvalue weighted by molar-refractivity contribution is 6.00. The third-order valence-electron chi connectivity index (χ3n) is 5.44. The molecule has 0 fully saturated rings. The molecule has 10 heteroatoms. The Hall–Kier alpha value is -4.47. The van der Waals surface area contributed by atoms with Crippen LogP contribution >= 0.6 is 0 Å². The molecule has 2 N–H and O–H groups in total. The van der Waals surface area contributed by atoms with Gasteiger partial charge in [-0.3, -0.25) is 0 Å². The molecule has 0 atom stereocenters. The lowest BCUT2D eigenvalue weighted by molar-refractivity contribution is -0.274. The van der Waals surface area contributed by atoms with E-state index in [0.29, 0.717) is 17.3 Å². The van der Waals surface area contributed by atoms with E-state index < -0.39 is 12.4 Å². The number of para-hydroxylation sites is 2. The minimum absolute atomic E-state index is 0.285. The van der Waals surface area contributed by atoms with Crippen molar-refractivity contribution >= 4 is 23.1 Å². The van der Waals surface area contributed by atoms with Crippen LogP contribution < -0.4 is 20.1 Å². The largest absolute Gasteiger partial charge is 0.573 e. The number of hydrogen-bond acceptors (Lipinski definition) is 4. The number of hydrogen-bond donors (Lipinski definition) is 2. The van der Waals surface area contributed by atoms with Crippen LogP contribution in [0.3, 0.4) is 0 Å². The van der Waals surface area contributed by atoms with Crippen LogP contribution in [0.15, 0.2) is 84.5 Å². The molecule has 0 saturated carbocycles. The summed E-state index contributed by atoms with van der Waals surface area (Å²) in [7, 11) is 0. The summed E-state index contributed by atoms with van der Waals surface area (Å²) in [6.45, 7) is 4.00. The van der Waals surface area contributed by atoms with E-state index in [1.54, 1.807) is 28.9 Å². The second-order valence-electron chi connectivity index (χ2n) is 8.49. The molecule has 3 aromatic rings. The van der Waals surface area contributed by atoms with E-state index in [0.717, 1.165) is 48.4 Å². The second-order valence-corrected chi connectivity index (χ2v) is 8.49. The van der Waals surface area contributed by atoms with E-state index in [2.05, 4.69) is 45.6 Å². The zero-order chi connectivity index (χ0) is 27.1. The van der Waals surface area contributed by atoms with E-state index in [-0.39, 0.29) is 11.4 Å². The number of ether oxygens (including phenoxy) is 2. The molecule has 1 aromatic heterocycles. The summed E-state index contributed by atoms with van der Waals surface area (Å²) < 4.78 is 48.9. The summed E-state index contributed by atoms with van der Waals surface area (Å²) in [6, 6.07) is 13.0. The summed E-state index contributed by atoms with van der Waals surface area (Å²) in [5.74, 6) is 0.495. The predicted molar refractivity (Wildman–Crippen MR) is 140 cm³/mol. The SMILES string of the molecule is CCCC1=C(n2nc(C)cc2Oc2ccccc2NC(=O)Nc2ccc(OC(F)(F)F)cc2)C=CCC=C1. The zero-order valence-electron chi connectivity index (χ0n) is 20.9. The summed E-state index contributed by atoms with van der Waals surface area (Å²) in [5.41, 5.74) is 3.52. The quantitative estimate of drug-likeness (QED) is 0.313. The topological polar surface area (TPSA) is 77.4 Å². The van der Waals surface area contributed by atoms with Gasteiger partial charge in [0.2, 0.25) is 5.88 Å². The molecule has 38 heavy (non-hydrogen) atoms. The molecule has 0 aliphatic heterocycles. The zero-order valence-corrected chi connectivity index (χ0v) is 20.9. The molecule has 0 saturated heterocycles. The van der Waals surface area contributed by atoms with Gasteiger partial charge in [-0.05, 0) is 67.8 Å². The van der Waals surface area contributed by atoms with Crippen LogP contribution in [0.1, 0.15) is 31.9 Å². The fourth-order valence-electron chi connectivity index (χ4n) is 3.87. The van der Waals surface area contributed by atoms with Gasteiger partial charge >= 0.3 is 12.4 Å². The number of carbonyl (C=O) groups excluding carboxylic acids is 1. The second kappa shape index (κ2) is 11.7. The van der Waals surface area contributed by atoms with E-state index in [4.69, 9.17) is 4.74 Å². The number of alkyl halides is 3. The van der Waals surface area contributed by atoms with Gasteiger partial charge < -0.3 is 20.1 Å². The maximum absolute atomic E-state index is 12.6. The maximum atomic E-state index is 12.6. The molecule has 1 aliphatic carbocycles. The van der Waals surface area contributed by atoms with Crippen molar-refractivity contribution in [2.75, 3.05) is 10.6 Å². The van der Waals surface area contributed by atoms with Crippen LogP contribution in [0.2, 0.25) is 0 Å². The lowest BCUT2D eigenvalue weighted by Crippen LogP contribution is -2.20. The number of anilines is 2. The molecular formula is C28H27F3N4O3. The fraction of sp³-hybridized carbons (Fsp3) is 0.214. The number of aryl methyl sites for hydroxylation is 1. The number of allylic oxidation sites excluding steroid dienone is 6. The lowest BCUT2D eigenvalue weighted by Gasteiger charge is -2.15. The number of amides is 2. The number of nitrogens with one attached hydrogen (secondary N) is 2. The van der Waals surface area contributed by atoms with E-state index in [9.17, 15) is 18.0 Å². The van der Waals surface area contributed by atoms with Gasteiger partial charge in [-0.15, -0.1) is 13.2 Å². The average Bonchev–Trinajstić information content (AvgIpc) is 3.06. The minimum Gasteiger partial charge on any atom is -0.437 e. The first kappa shape index (κ1) is 26.6. The standard InChI is InChI=1S/C28H27F3N4O3/c1-3-9-20-10-5-4-6-12-24(20)35-26(18-19(2)34-35)37-25-13-8-7-11-23(25)33-27(36)32-21-14-16-22(17-15-21)38-28(29,30)31/h5-8,10-18H,3-4,9H2,1-2H3,(H2,32,33,36). The molecule has 2 amide bonds. The Balaban J connectivity index is 1.52. The van der Waals surface area contributed by atoms with Crippen molar-refractivity contribution in [3.63, 3.8) is 0 Å². The summed E-state index contributed by atoms with van der Waals surface area (Å²) in [4.78, 5) is 12.6. The van der Waals surface area contributed by atoms with Crippen LogP contribution in [-0.2, 0) is 0 Å². The molecule has 1 heterocycles. The molecule has 4 rings (SSSR count). The van der Waals surface area contributed by atoms with E-state index in [1.165, 1.54) is 12.1 Å². The van der Waals surface area contributed by atoms with Crippen LogP contribution in [0.5, 0.6) is 17.4 Å². The molecule has 198 valence electrons. The molecule has 0 spiro atoms. The Morgan fingerprint density at radius 1 is 1.05 bits per heavy atom. The lowest BCUT2D eigenvalue weighted by atomic mass is 10.1. The van der Waals surface area contributed by atoms with Crippen LogP contribution in [-0.4, -0.2) is 22.2 Å². The van der Waals surface area contributed by atoms with Crippen LogP contribution in [0.4, 0.5) is 29.3 Å². The van der Waals surface area contributed by atoms with Crippen molar-refractivity contribution in [2.24, 2.45) is 0 Å². The van der Waals surface area contributed by atoms with Gasteiger partial charge in [0, 0.05) is 11.8 Å². The van der Waals surface area contributed by atoms with Gasteiger partial charge in [0.1, 0.15) is 5.75 Å². The van der Waals surface area contributed by atoms with Crippen molar-refractivity contribution in [2.45, 2.75) is 39.5 Å². The maximum Gasteiger partial charge on any atom is 0.573 e. The predicted octanol–water partition coefficient (Wildman–Crippen LogP) is 8.05. The highest BCUT2D eigenvalue weighted by Gasteiger charge is 2.31. The number of aromatic nitrogens is 2. The van der Waals surface area contributed by atoms with E-state index >= 15 is 0 Å². The number of nitrogens with zero attached hydrogens (tertiary/aromatic N) is 2. The third kappa shape index (κ3) is 7.06. The van der Waals surface area contributed by atoms with Gasteiger partial charge in [-0.25, -0.2) is 9.48 Å². The average molecular weight is 525 g/mol. The monoisotopic (exact) mass is 524 g/mol. The number of rotatable bonds is 8. The molecule has 1 aliphatic rings. The Bertz CT molecular complexity index is 1370. The smallest absolute Gasteiger partial charge is 0.437 e. The number of carbonyl (C=O) groups is 1. The molecular weight excluding hydrogens is 497 g/mol. The van der Waals surface area contributed by atoms with Gasteiger partial charge in [-0.1, -0.05) is 43.7 Å². The molecule has 0 radical (unpaired) electrons. The molecule has 0 unspecified atom stereocenters. The Labute approximate surface area is 218 Å². The van der Waals surface area contributed by atoms with Gasteiger partial charge in [0.15, 0.2) is 5.75 Å². The molecule has 2 aromatic carbocycles. The normalized spacial score (nSPS) is 13.3. The first-order chi connectivity index (χ1) is 18.2. The Morgan fingerprint density at radius 3 is 2.53 bits per heavy atom. The Kier molecular flexibility index (Phi) is 8.20. The Morgan fingerprint density at radius 2 is 1.79 bits per heavy atom. The van der Waals surface area contributed by atoms with Crippen molar-refractivity contribution in [3.8, 4) is 17.4 Å². The third-order valence-corrected chi connectivity index (χ3v) is 5.44. The molecule has 0 bridgehead atoms. The van der Waals surface area contributed by atoms with Crippen molar-refractivity contribution in [3.05, 3.63) is 90.2 Å². The summed E-state index contributed by atoms with van der Waals surface area (Å²) in [6.07, 6.45) is 6.23. The van der Waals surface area contributed by atoms with Gasteiger partial charge in [0.25, 0.3) is 0 Å². The van der Waals surface area contributed by atoms with Crippen molar-refractivity contribution in [1.29, 1.82) is 0 Å². The summed E-state index contributed by atoms with van der Waals surface area (Å²) in [5, 5.41) is 9.95. The first-order valence-corrected chi connectivity index (χ1v) is 12.1. The molecule has 7 nitrogen and oxygen atoms in total. The van der Waals surface area contributed by atoms with Crippen LogP contribution in [0, 0.1) is 6.92 Å². The van der Waals surface area contributed by atoms with Crippen molar-refractivity contribution < 1.29 is 27.4 Å². The van der Waals surface area contributed by atoms with Crippen LogP contribution in [0.25, 0.3) is 5.70 Å². The van der Waals surface area contributed by atoms with Gasteiger partial charge in [0.05, 0.1) is 17.1 Å². The minimum atomic E-state index is -4.79. The highest BCUT2D eigenvalue weighted by Crippen LogP contribution is 2.33. The summed E-state index contributed by atoms with van der Waals surface area (Å²) >= 11 is 0.